The van der Waals surface area contributed by atoms with Crippen molar-refractivity contribution in [2.45, 2.75) is 6.04 Å². The molecule has 104 valence electrons. The average Bonchev–Trinajstić information content (AvgIpc) is 2.45. The van der Waals surface area contributed by atoms with E-state index in [1.807, 2.05) is 6.07 Å². The van der Waals surface area contributed by atoms with Crippen molar-refractivity contribution in [3.8, 4) is 0 Å². The molecular weight excluding hydrogens is 248 g/mol. The van der Waals surface area contributed by atoms with Gasteiger partial charge in [-0.05, 0) is 12.1 Å². The van der Waals surface area contributed by atoms with Gasteiger partial charge in [0.05, 0.1) is 18.2 Å². The summed E-state index contributed by atoms with van der Waals surface area (Å²) in [5.74, 6) is -0.430. The van der Waals surface area contributed by atoms with Crippen molar-refractivity contribution < 1.29 is 19.1 Å². The van der Waals surface area contributed by atoms with Crippen LogP contribution >= 0.6 is 0 Å². The molecular formula is C13H18N2O4. The molecule has 1 aromatic carbocycles. The first kappa shape index (κ1) is 15.0. The Morgan fingerprint density at radius 3 is 2.47 bits per heavy atom. The second-order valence-corrected chi connectivity index (χ2v) is 3.84. The Kier molecular flexibility index (Phi) is 6.38. The summed E-state index contributed by atoms with van der Waals surface area (Å²) in [4.78, 5) is 22.9. The number of hydrogen-bond acceptors (Lipinski definition) is 4. The van der Waals surface area contributed by atoms with Crippen LogP contribution in [0.25, 0.3) is 0 Å². The fourth-order valence-corrected chi connectivity index (χ4v) is 1.42. The molecule has 2 amide bonds. The predicted octanol–water partition coefficient (Wildman–Crippen LogP) is 0.787. The molecule has 6 heteroatoms. The Hall–Kier alpha value is -2.08. The van der Waals surface area contributed by atoms with Crippen molar-refractivity contribution >= 4 is 12.0 Å². The van der Waals surface area contributed by atoms with E-state index in [4.69, 9.17) is 9.47 Å². The van der Waals surface area contributed by atoms with E-state index in [2.05, 4.69) is 10.6 Å². The normalized spacial score (nSPS) is 11.5. The molecule has 0 aliphatic rings. The van der Waals surface area contributed by atoms with Crippen LogP contribution in [-0.4, -0.2) is 45.4 Å². The van der Waals surface area contributed by atoms with E-state index in [0.717, 1.165) is 0 Å². The topological polar surface area (TPSA) is 76.7 Å². The molecule has 0 aromatic heterocycles. The number of hydrogen-bond donors (Lipinski definition) is 2. The van der Waals surface area contributed by atoms with Crippen molar-refractivity contribution in [2.75, 3.05) is 27.4 Å². The van der Waals surface area contributed by atoms with Crippen LogP contribution in [0.15, 0.2) is 30.3 Å². The van der Waals surface area contributed by atoms with Gasteiger partial charge in [0, 0.05) is 14.2 Å². The number of rotatable bonds is 6. The number of benzene rings is 1. The lowest BCUT2D eigenvalue weighted by Gasteiger charge is -2.17. The highest BCUT2D eigenvalue weighted by Crippen LogP contribution is 2.01. The van der Waals surface area contributed by atoms with Gasteiger partial charge in [-0.3, -0.25) is 0 Å². The number of ether oxygens (including phenoxy) is 2. The zero-order valence-corrected chi connectivity index (χ0v) is 11.0. The quantitative estimate of drug-likeness (QED) is 0.746. The van der Waals surface area contributed by atoms with Crippen LogP contribution in [0, 0.1) is 0 Å². The zero-order valence-electron chi connectivity index (χ0n) is 11.0. The largest absolute Gasteiger partial charge is 0.460 e. The Balaban J connectivity index is 2.47. The number of methoxy groups -OCH3 is 1. The van der Waals surface area contributed by atoms with Crippen LogP contribution in [0.2, 0.25) is 0 Å². The SMILES string of the molecule is CNC(=O)NC(COC)COC(=O)c1ccccc1. The number of nitrogens with one attached hydrogen (secondary N) is 2. The minimum absolute atomic E-state index is 0.0506. The first-order valence-electron chi connectivity index (χ1n) is 5.86. The van der Waals surface area contributed by atoms with Crippen LogP contribution in [0.3, 0.4) is 0 Å². The molecule has 2 N–H and O–H groups in total. The molecule has 0 saturated heterocycles. The number of carbonyl (C=O) groups excluding carboxylic acids is 2. The fraction of sp³-hybridized carbons (Fsp3) is 0.385. The van der Waals surface area contributed by atoms with Crippen molar-refractivity contribution in [1.29, 1.82) is 0 Å². The van der Waals surface area contributed by atoms with Crippen molar-refractivity contribution in [3.63, 3.8) is 0 Å². The zero-order chi connectivity index (χ0) is 14.1. The smallest absolute Gasteiger partial charge is 0.338 e. The lowest BCUT2D eigenvalue weighted by Crippen LogP contribution is -2.45. The molecule has 0 radical (unpaired) electrons. The molecule has 0 bridgehead atoms. The van der Waals surface area contributed by atoms with Gasteiger partial charge in [-0.1, -0.05) is 18.2 Å². The van der Waals surface area contributed by atoms with Crippen LogP contribution in [-0.2, 0) is 9.47 Å². The van der Waals surface area contributed by atoms with E-state index in [9.17, 15) is 9.59 Å². The molecule has 0 aliphatic heterocycles. The molecule has 1 unspecified atom stereocenters. The first-order chi connectivity index (χ1) is 9.17. The van der Waals surface area contributed by atoms with Gasteiger partial charge in [-0.25, -0.2) is 9.59 Å². The standard InChI is InChI=1S/C13H18N2O4/c1-14-13(17)15-11(8-18-2)9-19-12(16)10-6-4-3-5-7-10/h3-7,11H,8-9H2,1-2H3,(H2,14,15,17). The van der Waals surface area contributed by atoms with E-state index in [1.165, 1.54) is 14.2 Å². The maximum absolute atomic E-state index is 11.7. The highest BCUT2D eigenvalue weighted by molar-refractivity contribution is 5.89. The second kappa shape index (κ2) is 8.10. The summed E-state index contributed by atoms with van der Waals surface area (Å²) in [7, 11) is 3.02. The maximum Gasteiger partial charge on any atom is 0.338 e. The third kappa shape index (κ3) is 5.39. The number of amides is 2. The van der Waals surface area contributed by atoms with Crippen LogP contribution < -0.4 is 10.6 Å². The lowest BCUT2D eigenvalue weighted by atomic mass is 10.2. The van der Waals surface area contributed by atoms with Crippen molar-refractivity contribution in [3.05, 3.63) is 35.9 Å². The third-order valence-corrected chi connectivity index (χ3v) is 2.36. The van der Waals surface area contributed by atoms with E-state index in [1.54, 1.807) is 24.3 Å². The molecule has 0 heterocycles. The first-order valence-corrected chi connectivity index (χ1v) is 5.86. The summed E-state index contributed by atoms with van der Waals surface area (Å²) in [6.45, 7) is 0.310. The van der Waals surface area contributed by atoms with Gasteiger partial charge in [-0.15, -0.1) is 0 Å². The Bertz CT molecular complexity index is 408. The molecule has 0 aliphatic carbocycles. The minimum atomic E-state index is -0.430. The molecule has 1 atom stereocenters. The molecule has 0 spiro atoms. The van der Waals surface area contributed by atoms with Crippen LogP contribution in [0.4, 0.5) is 4.79 Å². The van der Waals surface area contributed by atoms with E-state index in [0.29, 0.717) is 5.56 Å². The van der Waals surface area contributed by atoms with E-state index in [-0.39, 0.29) is 19.2 Å². The summed E-state index contributed by atoms with van der Waals surface area (Å²) >= 11 is 0. The summed E-state index contributed by atoms with van der Waals surface area (Å²) in [5.41, 5.74) is 0.471. The van der Waals surface area contributed by atoms with Gasteiger partial charge in [0.1, 0.15) is 6.61 Å². The van der Waals surface area contributed by atoms with Crippen molar-refractivity contribution in [1.82, 2.24) is 10.6 Å². The summed E-state index contributed by atoms with van der Waals surface area (Å²) in [6, 6.07) is 7.92. The maximum atomic E-state index is 11.7. The van der Waals surface area contributed by atoms with Crippen LogP contribution in [0.1, 0.15) is 10.4 Å². The van der Waals surface area contributed by atoms with Crippen molar-refractivity contribution in [2.24, 2.45) is 0 Å². The monoisotopic (exact) mass is 266 g/mol. The fourth-order valence-electron chi connectivity index (χ4n) is 1.42. The Morgan fingerprint density at radius 1 is 1.21 bits per heavy atom. The number of carbonyl (C=O) groups is 2. The van der Waals surface area contributed by atoms with E-state index < -0.39 is 12.0 Å². The number of urea groups is 1. The van der Waals surface area contributed by atoms with Gasteiger partial charge >= 0.3 is 12.0 Å². The van der Waals surface area contributed by atoms with Gasteiger partial charge in [0.2, 0.25) is 0 Å². The summed E-state index contributed by atoms with van der Waals surface area (Å²) < 4.78 is 10.1. The Labute approximate surface area is 112 Å². The minimum Gasteiger partial charge on any atom is -0.460 e. The molecule has 0 saturated carbocycles. The van der Waals surface area contributed by atoms with E-state index >= 15 is 0 Å². The van der Waals surface area contributed by atoms with Gasteiger partial charge in [0.25, 0.3) is 0 Å². The third-order valence-electron chi connectivity index (χ3n) is 2.36. The molecule has 1 aromatic rings. The predicted molar refractivity (Wildman–Crippen MR) is 70.0 cm³/mol. The highest BCUT2D eigenvalue weighted by atomic mass is 16.5. The lowest BCUT2D eigenvalue weighted by molar-refractivity contribution is 0.0411. The van der Waals surface area contributed by atoms with Gasteiger partial charge in [-0.2, -0.15) is 0 Å². The number of esters is 1. The van der Waals surface area contributed by atoms with Crippen LogP contribution in [0.5, 0.6) is 0 Å². The molecule has 6 nitrogen and oxygen atoms in total. The summed E-state index contributed by atoms with van der Waals surface area (Å²) in [5, 5.41) is 5.05. The Morgan fingerprint density at radius 2 is 1.89 bits per heavy atom. The molecule has 19 heavy (non-hydrogen) atoms. The molecule has 1 rings (SSSR count). The second-order valence-electron chi connectivity index (χ2n) is 3.84. The average molecular weight is 266 g/mol. The summed E-state index contributed by atoms with van der Waals surface area (Å²) in [6.07, 6.45) is 0. The van der Waals surface area contributed by atoms with Gasteiger partial charge < -0.3 is 20.1 Å². The molecule has 0 fully saturated rings. The van der Waals surface area contributed by atoms with Gasteiger partial charge in [0.15, 0.2) is 0 Å². The highest BCUT2D eigenvalue weighted by Gasteiger charge is 2.14.